The summed E-state index contributed by atoms with van der Waals surface area (Å²) >= 11 is 7.52. The maximum Gasteiger partial charge on any atom is 0.230 e. The highest BCUT2D eigenvalue weighted by molar-refractivity contribution is 7.13. The summed E-state index contributed by atoms with van der Waals surface area (Å²) in [5.41, 5.74) is 3.60. The molecule has 1 heterocycles. The number of carbonyl (C=O) groups excluding carboxylic acids is 1. The predicted octanol–water partition coefficient (Wildman–Crippen LogP) is 4.95. The van der Waals surface area contributed by atoms with Crippen molar-refractivity contribution in [1.82, 2.24) is 4.98 Å². The zero-order valence-electron chi connectivity index (χ0n) is 12.5. The van der Waals surface area contributed by atoms with E-state index in [0.29, 0.717) is 5.02 Å². The van der Waals surface area contributed by atoms with Crippen LogP contribution in [0.3, 0.4) is 0 Å². The molecule has 3 aromatic rings. The van der Waals surface area contributed by atoms with E-state index >= 15 is 0 Å². The number of para-hydroxylation sites is 1. The molecule has 0 unspecified atom stereocenters. The highest BCUT2D eigenvalue weighted by Crippen LogP contribution is 2.26. The molecule has 0 radical (unpaired) electrons. The highest BCUT2D eigenvalue weighted by Gasteiger charge is 2.10. The second-order valence-electron chi connectivity index (χ2n) is 5.19. The van der Waals surface area contributed by atoms with Gasteiger partial charge >= 0.3 is 0 Å². The van der Waals surface area contributed by atoms with Gasteiger partial charge in [0.1, 0.15) is 5.01 Å². The highest BCUT2D eigenvalue weighted by atomic mass is 35.5. The molecule has 0 saturated heterocycles. The molecule has 0 aliphatic carbocycles. The summed E-state index contributed by atoms with van der Waals surface area (Å²) in [4.78, 5) is 16.7. The Morgan fingerprint density at radius 2 is 2.04 bits per heavy atom. The van der Waals surface area contributed by atoms with Gasteiger partial charge in [0.25, 0.3) is 0 Å². The third kappa shape index (κ3) is 3.97. The van der Waals surface area contributed by atoms with Gasteiger partial charge in [-0.1, -0.05) is 41.9 Å². The number of carbonyl (C=O) groups is 1. The van der Waals surface area contributed by atoms with Crippen LogP contribution in [0.15, 0.2) is 53.9 Å². The molecule has 0 bridgehead atoms. The average Bonchev–Trinajstić information content (AvgIpc) is 2.98. The summed E-state index contributed by atoms with van der Waals surface area (Å²) in [6, 6.07) is 15.3. The number of benzene rings is 2. The van der Waals surface area contributed by atoms with Crippen molar-refractivity contribution in [2.75, 3.05) is 5.32 Å². The van der Waals surface area contributed by atoms with Crippen LogP contribution in [0.1, 0.15) is 11.3 Å². The number of anilines is 1. The fourth-order valence-electron chi connectivity index (χ4n) is 2.21. The minimum absolute atomic E-state index is 0.0674. The van der Waals surface area contributed by atoms with Gasteiger partial charge in [0, 0.05) is 21.7 Å². The summed E-state index contributed by atoms with van der Waals surface area (Å²) in [6.07, 6.45) is 0.255. The first-order chi connectivity index (χ1) is 11.1. The van der Waals surface area contributed by atoms with Crippen LogP contribution in [-0.4, -0.2) is 10.9 Å². The van der Waals surface area contributed by atoms with Gasteiger partial charge < -0.3 is 5.32 Å². The molecule has 0 saturated carbocycles. The maximum absolute atomic E-state index is 12.2. The lowest BCUT2D eigenvalue weighted by Gasteiger charge is -2.06. The summed E-state index contributed by atoms with van der Waals surface area (Å²) in [5.74, 6) is -0.0674. The van der Waals surface area contributed by atoms with E-state index in [1.54, 1.807) is 0 Å². The van der Waals surface area contributed by atoms with E-state index in [9.17, 15) is 4.79 Å². The fourth-order valence-corrected chi connectivity index (χ4v) is 3.22. The molecule has 0 fully saturated rings. The van der Waals surface area contributed by atoms with Gasteiger partial charge in [-0.15, -0.1) is 11.3 Å². The molecule has 0 atom stereocenters. The van der Waals surface area contributed by atoms with Gasteiger partial charge in [-0.25, -0.2) is 4.98 Å². The quantitative estimate of drug-likeness (QED) is 0.728. The lowest BCUT2D eigenvalue weighted by molar-refractivity contribution is -0.115. The van der Waals surface area contributed by atoms with Crippen LogP contribution in [0.4, 0.5) is 5.69 Å². The van der Waals surface area contributed by atoms with E-state index < -0.39 is 0 Å². The molecule has 3 nitrogen and oxygen atoms in total. The van der Waals surface area contributed by atoms with Crippen LogP contribution in [0.2, 0.25) is 5.02 Å². The number of halogens is 1. The minimum Gasteiger partial charge on any atom is -0.326 e. The Balaban J connectivity index is 1.69. The van der Waals surface area contributed by atoms with Gasteiger partial charge in [-0.3, -0.25) is 4.79 Å². The van der Waals surface area contributed by atoms with Gasteiger partial charge in [0.15, 0.2) is 0 Å². The van der Waals surface area contributed by atoms with E-state index in [0.717, 1.165) is 27.5 Å². The first kappa shape index (κ1) is 15.7. The SMILES string of the molecule is Cc1ccccc1NC(=O)Cc1csc(-c2cccc(Cl)c2)n1. The molecular weight excluding hydrogens is 328 g/mol. The zero-order chi connectivity index (χ0) is 16.2. The van der Waals surface area contributed by atoms with Crippen molar-refractivity contribution in [1.29, 1.82) is 0 Å². The average molecular weight is 343 g/mol. The number of rotatable bonds is 4. The Morgan fingerprint density at radius 1 is 1.22 bits per heavy atom. The van der Waals surface area contributed by atoms with Crippen LogP contribution in [-0.2, 0) is 11.2 Å². The summed E-state index contributed by atoms with van der Waals surface area (Å²) in [5, 5.41) is 6.38. The Labute approximate surface area is 144 Å². The fraction of sp³-hybridized carbons (Fsp3) is 0.111. The van der Waals surface area contributed by atoms with Crippen LogP contribution >= 0.6 is 22.9 Å². The standard InChI is InChI=1S/C18H15ClN2OS/c1-12-5-2-3-8-16(12)21-17(22)10-15-11-23-18(20-15)13-6-4-7-14(19)9-13/h2-9,11H,10H2,1H3,(H,21,22). The predicted molar refractivity (Wildman–Crippen MR) is 96.1 cm³/mol. The Kier molecular flexibility index (Phi) is 4.74. The van der Waals surface area contributed by atoms with Crippen molar-refractivity contribution in [3.05, 3.63) is 70.2 Å². The van der Waals surface area contributed by atoms with Crippen molar-refractivity contribution in [3.8, 4) is 10.6 Å². The maximum atomic E-state index is 12.2. The number of amides is 1. The molecule has 0 aliphatic heterocycles. The molecule has 0 spiro atoms. The van der Waals surface area contributed by atoms with Crippen molar-refractivity contribution < 1.29 is 4.79 Å². The van der Waals surface area contributed by atoms with E-state index in [-0.39, 0.29) is 12.3 Å². The van der Waals surface area contributed by atoms with Crippen LogP contribution < -0.4 is 5.32 Å². The van der Waals surface area contributed by atoms with Crippen molar-refractivity contribution >= 4 is 34.5 Å². The Bertz CT molecular complexity index is 844. The van der Waals surface area contributed by atoms with Crippen molar-refractivity contribution in [2.45, 2.75) is 13.3 Å². The van der Waals surface area contributed by atoms with E-state index in [2.05, 4.69) is 10.3 Å². The molecule has 116 valence electrons. The summed E-state index contributed by atoms with van der Waals surface area (Å²) in [7, 11) is 0. The third-order valence-corrected chi connectivity index (χ3v) is 4.56. The van der Waals surface area contributed by atoms with Gasteiger partial charge in [0.05, 0.1) is 12.1 Å². The number of aromatic nitrogens is 1. The lowest BCUT2D eigenvalue weighted by atomic mass is 10.2. The normalized spacial score (nSPS) is 10.5. The molecule has 1 aromatic heterocycles. The molecule has 0 aliphatic rings. The van der Waals surface area contributed by atoms with Gasteiger partial charge in [-0.2, -0.15) is 0 Å². The molecular formula is C18H15ClN2OS. The number of aryl methyl sites for hydroxylation is 1. The number of thiazole rings is 1. The topological polar surface area (TPSA) is 42.0 Å². The molecule has 1 N–H and O–H groups in total. The largest absolute Gasteiger partial charge is 0.326 e. The number of hydrogen-bond donors (Lipinski definition) is 1. The van der Waals surface area contributed by atoms with Crippen molar-refractivity contribution in [3.63, 3.8) is 0 Å². The van der Waals surface area contributed by atoms with E-state index in [4.69, 9.17) is 11.6 Å². The van der Waals surface area contributed by atoms with Crippen molar-refractivity contribution in [2.24, 2.45) is 0 Å². The first-order valence-electron chi connectivity index (χ1n) is 7.17. The molecule has 3 rings (SSSR count). The monoisotopic (exact) mass is 342 g/mol. The minimum atomic E-state index is -0.0674. The second kappa shape index (κ2) is 6.94. The van der Waals surface area contributed by atoms with E-state index in [1.165, 1.54) is 11.3 Å². The Morgan fingerprint density at radius 3 is 2.83 bits per heavy atom. The lowest BCUT2D eigenvalue weighted by Crippen LogP contribution is -2.15. The third-order valence-electron chi connectivity index (χ3n) is 3.38. The smallest absolute Gasteiger partial charge is 0.230 e. The van der Waals surface area contributed by atoms with E-state index in [1.807, 2.05) is 60.8 Å². The number of nitrogens with one attached hydrogen (secondary N) is 1. The zero-order valence-corrected chi connectivity index (χ0v) is 14.1. The number of hydrogen-bond acceptors (Lipinski definition) is 3. The van der Waals surface area contributed by atoms with Crippen LogP contribution in [0.5, 0.6) is 0 Å². The van der Waals surface area contributed by atoms with Crippen LogP contribution in [0.25, 0.3) is 10.6 Å². The number of nitrogens with zero attached hydrogens (tertiary/aromatic N) is 1. The second-order valence-corrected chi connectivity index (χ2v) is 6.49. The first-order valence-corrected chi connectivity index (χ1v) is 8.43. The van der Waals surface area contributed by atoms with Gasteiger partial charge in [0.2, 0.25) is 5.91 Å². The Hall–Kier alpha value is -2.17. The van der Waals surface area contributed by atoms with Gasteiger partial charge in [-0.05, 0) is 30.7 Å². The summed E-state index contributed by atoms with van der Waals surface area (Å²) < 4.78 is 0. The summed E-state index contributed by atoms with van der Waals surface area (Å²) in [6.45, 7) is 1.97. The molecule has 2 aromatic carbocycles. The molecule has 5 heteroatoms. The van der Waals surface area contributed by atoms with Crippen LogP contribution in [0, 0.1) is 6.92 Å². The molecule has 1 amide bonds. The molecule has 23 heavy (non-hydrogen) atoms.